The maximum absolute atomic E-state index is 12.1. The predicted octanol–water partition coefficient (Wildman–Crippen LogP) is 3.26. The molecule has 0 unspecified atom stereocenters. The molecular formula is C17H15N3O2S. The van der Waals surface area contributed by atoms with Crippen molar-refractivity contribution in [3.63, 3.8) is 0 Å². The molecule has 6 heteroatoms. The molecule has 116 valence electrons. The molecule has 2 aromatic carbocycles. The number of nitrogens with one attached hydrogen (secondary N) is 1. The first-order chi connectivity index (χ1) is 11.3. The molecule has 0 bridgehead atoms. The van der Waals surface area contributed by atoms with Gasteiger partial charge in [-0.25, -0.2) is 0 Å². The summed E-state index contributed by atoms with van der Waals surface area (Å²) >= 11 is 1.72. The average Bonchev–Trinajstić information content (AvgIpc) is 3.14. The molecule has 1 N–H and O–H groups in total. The molecule has 3 aromatic rings. The molecular weight excluding hydrogens is 310 g/mol. The summed E-state index contributed by atoms with van der Waals surface area (Å²) in [6, 6.07) is 17.2. The van der Waals surface area contributed by atoms with E-state index in [0.717, 1.165) is 11.3 Å². The second-order valence-corrected chi connectivity index (χ2v) is 5.91. The summed E-state index contributed by atoms with van der Waals surface area (Å²) < 4.78 is 5.12. The lowest BCUT2D eigenvalue weighted by Gasteiger charge is -2.05. The van der Waals surface area contributed by atoms with Crippen molar-refractivity contribution in [2.24, 2.45) is 0 Å². The van der Waals surface area contributed by atoms with Crippen LogP contribution in [0, 0.1) is 0 Å². The Balaban J connectivity index is 1.48. The first-order valence-electron chi connectivity index (χ1n) is 7.15. The fourth-order valence-electron chi connectivity index (χ4n) is 2.02. The van der Waals surface area contributed by atoms with Crippen LogP contribution in [-0.4, -0.2) is 28.4 Å². The summed E-state index contributed by atoms with van der Waals surface area (Å²) in [7, 11) is 0. The summed E-state index contributed by atoms with van der Waals surface area (Å²) in [5.74, 6) is 1.18. The van der Waals surface area contributed by atoms with E-state index in [1.54, 1.807) is 36.0 Å². The van der Waals surface area contributed by atoms with E-state index < -0.39 is 0 Å². The number of benzene rings is 2. The van der Waals surface area contributed by atoms with Crippen molar-refractivity contribution in [3.8, 4) is 11.5 Å². The van der Waals surface area contributed by atoms with Gasteiger partial charge in [0.15, 0.2) is 0 Å². The van der Waals surface area contributed by atoms with Crippen LogP contribution in [0.2, 0.25) is 0 Å². The maximum atomic E-state index is 12.1. The van der Waals surface area contributed by atoms with Crippen LogP contribution in [-0.2, 0) is 0 Å². The van der Waals surface area contributed by atoms with Gasteiger partial charge in [-0.2, -0.15) is 0 Å². The van der Waals surface area contributed by atoms with Crippen LogP contribution < -0.4 is 5.32 Å². The molecule has 1 amide bonds. The molecule has 0 aliphatic rings. The van der Waals surface area contributed by atoms with Crippen LogP contribution in [0.5, 0.6) is 0 Å². The van der Waals surface area contributed by atoms with Crippen molar-refractivity contribution in [1.29, 1.82) is 0 Å². The third kappa shape index (κ3) is 4.20. The Morgan fingerprint density at radius 3 is 2.57 bits per heavy atom. The first kappa shape index (κ1) is 15.3. The Kier molecular flexibility index (Phi) is 5.06. The van der Waals surface area contributed by atoms with Gasteiger partial charge in [0.25, 0.3) is 5.91 Å². The summed E-state index contributed by atoms with van der Waals surface area (Å²) in [4.78, 5) is 13.3. The molecule has 1 heterocycles. The standard InChI is InChI=1S/C17H15N3O2S/c21-16(18-10-11-23-15-4-2-1-3-5-15)13-6-8-14(9-7-13)17-20-19-12-22-17/h1-9,12H,10-11H2,(H,18,21). The molecule has 0 saturated heterocycles. The zero-order chi connectivity index (χ0) is 15.9. The molecule has 0 aliphatic heterocycles. The molecule has 0 radical (unpaired) electrons. The van der Waals surface area contributed by atoms with E-state index in [9.17, 15) is 4.79 Å². The zero-order valence-electron chi connectivity index (χ0n) is 12.3. The Morgan fingerprint density at radius 2 is 1.87 bits per heavy atom. The monoisotopic (exact) mass is 325 g/mol. The van der Waals surface area contributed by atoms with Crippen LogP contribution in [0.15, 0.2) is 70.3 Å². The van der Waals surface area contributed by atoms with Gasteiger partial charge in [0.2, 0.25) is 12.3 Å². The largest absolute Gasteiger partial charge is 0.423 e. The predicted molar refractivity (Wildman–Crippen MR) is 89.2 cm³/mol. The van der Waals surface area contributed by atoms with Crippen molar-refractivity contribution in [2.75, 3.05) is 12.3 Å². The van der Waals surface area contributed by atoms with Gasteiger partial charge in [0.1, 0.15) is 0 Å². The summed E-state index contributed by atoms with van der Waals surface area (Å²) in [6.45, 7) is 0.615. The number of aromatic nitrogens is 2. The Labute approximate surface area is 138 Å². The summed E-state index contributed by atoms with van der Waals surface area (Å²) in [6.07, 6.45) is 1.28. The van der Waals surface area contributed by atoms with Crippen molar-refractivity contribution in [2.45, 2.75) is 4.90 Å². The minimum Gasteiger partial charge on any atom is -0.423 e. The average molecular weight is 325 g/mol. The molecule has 23 heavy (non-hydrogen) atoms. The number of hydrogen-bond acceptors (Lipinski definition) is 5. The SMILES string of the molecule is O=C(NCCSc1ccccc1)c1ccc(-c2nnco2)cc1. The molecule has 0 spiro atoms. The van der Waals surface area contributed by atoms with E-state index in [-0.39, 0.29) is 5.91 Å². The maximum Gasteiger partial charge on any atom is 0.251 e. The van der Waals surface area contributed by atoms with E-state index in [1.165, 1.54) is 11.3 Å². The lowest BCUT2D eigenvalue weighted by atomic mass is 10.1. The Morgan fingerprint density at radius 1 is 1.09 bits per heavy atom. The zero-order valence-corrected chi connectivity index (χ0v) is 13.1. The quantitative estimate of drug-likeness (QED) is 0.556. The van der Waals surface area contributed by atoms with Gasteiger partial charge in [-0.3, -0.25) is 4.79 Å². The molecule has 5 nitrogen and oxygen atoms in total. The molecule has 3 rings (SSSR count). The van der Waals surface area contributed by atoms with Crippen molar-refractivity contribution in [1.82, 2.24) is 15.5 Å². The molecule has 0 saturated carbocycles. The molecule has 0 aliphatic carbocycles. The Hall–Kier alpha value is -2.60. The first-order valence-corrected chi connectivity index (χ1v) is 8.14. The van der Waals surface area contributed by atoms with Crippen LogP contribution >= 0.6 is 11.8 Å². The second-order valence-electron chi connectivity index (χ2n) is 4.74. The topological polar surface area (TPSA) is 68.0 Å². The van der Waals surface area contributed by atoms with Gasteiger partial charge in [-0.1, -0.05) is 18.2 Å². The second kappa shape index (κ2) is 7.60. The highest BCUT2D eigenvalue weighted by atomic mass is 32.2. The number of thioether (sulfide) groups is 1. The third-order valence-corrected chi connectivity index (χ3v) is 4.17. The van der Waals surface area contributed by atoms with Crippen molar-refractivity contribution >= 4 is 17.7 Å². The van der Waals surface area contributed by atoms with Crippen LogP contribution in [0.25, 0.3) is 11.5 Å². The molecule has 1 aromatic heterocycles. The smallest absolute Gasteiger partial charge is 0.251 e. The van der Waals surface area contributed by atoms with E-state index in [0.29, 0.717) is 18.0 Å². The van der Waals surface area contributed by atoms with Gasteiger partial charge >= 0.3 is 0 Å². The number of carbonyl (C=O) groups excluding carboxylic acids is 1. The van der Waals surface area contributed by atoms with Gasteiger partial charge in [-0.15, -0.1) is 22.0 Å². The highest BCUT2D eigenvalue weighted by molar-refractivity contribution is 7.99. The molecule has 0 atom stereocenters. The molecule has 0 fully saturated rings. The van der Waals surface area contributed by atoms with Gasteiger partial charge in [-0.05, 0) is 36.4 Å². The number of amides is 1. The van der Waals surface area contributed by atoms with Gasteiger partial charge < -0.3 is 9.73 Å². The lowest BCUT2D eigenvalue weighted by molar-refractivity contribution is 0.0956. The van der Waals surface area contributed by atoms with E-state index in [4.69, 9.17) is 4.42 Å². The van der Waals surface area contributed by atoms with Crippen LogP contribution in [0.4, 0.5) is 0 Å². The fraction of sp³-hybridized carbons (Fsp3) is 0.118. The van der Waals surface area contributed by atoms with Crippen LogP contribution in [0.1, 0.15) is 10.4 Å². The van der Waals surface area contributed by atoms with E-state index >= 15 is 0 Å². The fourth-order valence-corrected chi connectivity index (χ4v) is 2.80. The summed E-state index contributed by atoms with van der Waals surface area (Å²) in [5, 5.41) is 10.4. The van der Waals surface area contributed by atoms with E-state index in [2.05, 4.69) is 27.6 Å². The minimum atomic E-state index is -0.0873. The van der Waals surface area contributed by atoms with Crippen molar-refractivity contribution < 1.29 is 9.21 Å². The van der Waals surface area contributed by atoms with E-state index in [1.807, 2.05) is 18.2 Å². The normalized spacial score (nSPS) is 10.4. The van der Waals surface area contributed by atoms with Gasteiger partial charge in [0, 0.05) is 28.3 Å². The lowest BCUT2D eigenvalue weighted by Crippen LogP contribution is -2.25. The minimum absolute atomic E-state index is 0.0873. The highest BCUT2D eigenvalue weighted by Crippen LogP contribution is 2.17. The third-order valence-electron chi connectivity index (χ3n) is 3.15. The number of hydrogen-bond donors (Lipinski definition) is 1. The highest BCUT2D eigenvalue weighted by Gasteiger charge is 2.07. The number of carbonyl (C=O) groups is 1. The number of rotatable bonds is 6. The van der Waals surface area contributed by atoms with Gasteiger partial charge in [0.05, 0.1) is 0 Å². The van der Waals surface area contributed by atoms with Crippen molar-refractivity contribution in [3.05, 3.63) is 66.6 Å². The van der Waals surface area contributed by atoms with Crippen LogP contribution in [0.3, 0.4) is 0 Å². The Bertz CT molecular complexity index is 743. The summed E-state index contributed by atoms with van der Waals surface area (Å²) in [5.41, 5.74) is 1.40. The number of nitrogens with zero attached hydrogens (tertiary/aromatic N) is 2.